The van der Waals surface area contributed by atoms with E-state index in [2.05, 4.69) is 26.4 Å². The summed E-state index contributed by atoms with van der Waals surface area (Å²) in [6, 6.07) is 9.37. The van der Waals surface area contributed by atoms with Crippen molar-refractivity contribution in [2.75, 3.05) is 46.5 Å². The van der Waals surface area contributed by atoms with Gasteiger partial charge in [0, 0.05) is 39.0 Å². The van der Waals surface area contributed by atoms with Gasteiger partial charge in [-0.3, -0.25) is 14.9 Å². The lowest BCUT2D eigenvalue weighted by Gasteiger charge is -2.26. The van der Waals surface area contributed by atoms with Crippen molar-refractivity contribution in [3.05, 3.63) is 66.8 Å². The lowest BCUT2D eigenvalue weighted by Crippen LogP contribution is -2.38. The highest BCUT2D eigenvalue weighted by atomic mass is 16.5. The monoisotopic (exact) mass is 448 g/mol. The number of pyridine rings is 1. The Morgan fingerprint density at radius 1 is 1.18 bits per heavy atom. The van der Waals surface area contributed by atoms with E-state index in [1.807, 2.05) is 30.3 Å². The van der Waals surface area contributed by atoms with Crippen LogP contribution >= 0.6 is 0 Å². The molecule has 0 unspecified atom stereocenters. The molecule has 1 aliphatic rings. The first-order chi connectivity index (χ1) is 16.2. The number of ether oxygens (including phenoxy) is 3. The van der Waals surface area contributed by atoms with Gasteiger partial charge in [-0.25, -0.2) is 4.98 Å². The Morgan fingerprint density at radius 3 is 2.79 bits per heavy atom. The Balaban J connectivity index is 1.31. The first-order valence-electron chi connectivity index (χ1n) is 10.9. The number of hydrogen-bond acceptors (Lipinski definition) is 8. The van der Waals surface area contributed by atoms with E-state index in [-0.39, 0.29) is 0 Å². The van der Waals surface area contributed by atoms with Crippen LogP contribution in [0.1, 0.15) is 11.6 Å². The summed E-state index contributed by atoms with van der Waals surface area (Å²) in [7, 11) is 1.70. The number of rotatable bonds is 10. The highest BCUT2D eigenvalue weighted by Gasteiger charge is 2.11. The lowest BCUT2D eigenvalue weighted by molar-refractivity contribution is 0.0322. The molecule has 0 aliphatic carbocycles. The van der Waals surface area contributed by atoms with Crippen molar-refractivity contribution in [1.82, 2.24) is 14.9 Å². The molecule has 0 bridgehead atoms. The first-order valence-corrected chi connectivity index (χ1v) is 10.9. The fourth-order valence-electron chi connectivity index (χ4n) is 3.41. The SMILES string of the molecule is C=C/C=C(\C=NC)c1nc2cc(OCc3ccc(OCCN4CCOCC4)cn3)ccc2o1. The molecule has 1 saturated heterocycles. The minimum atomic E-state index is 0.342. The second-order valence-electron chi connectivity index (χ2n) is 7.47. The van der Waals surface area contributed by atoms with E-state index in [0.29, 0.717) is 36.0 Å². The number of fused-ring (bicyclic) bond motifs is 1. The van der Waals surface area contributed by atoms with Gasteiger partial charge in [0.05, 0.1) is 30.7 Å². The van der Waals surface area contributed by atoms with Crippen molar-refractivity contribution in [3.8, 4) is 11.5 Å². The van der Waals surface area contributed by atoms with Crippen LogP contribution in [0.2, 0.25) is 0 Å². The molecule has 0 radical (unpaired) electrons. The molecule has 2 aromatic heterocycles. The minimum absolute atomic E-state index is 0.342. The molecule has 8 heteroatoms. The summed E-state index contributed by atoms with van der Waals surface area (Å²) in [5, 5.41) is 0. The number of oxazole rings is 1. The minimum Gasteiger partial charge on any atom is -0.491 e. The summed E-state index contributed by atoms with van der Waals surface area (Å²) >= 11 is 0. The van der Waals surface area contributed by atoms with E-state index in [4.69, 9.17) is 18.6 Å². The zero-order valence-corrected chi connectivity index (χ0v) is 18.8. The largest absolute Gasteiger partial charge is 0.491 e. The van der Waals surface area contributed by atoms with E-state index in [0.717, 1.165) is 49.9 Å². The van der Waals surface area contributed by atoms with Crippen LogP contribution in [0.15, 0.2) is 64.7 Å². The standard InChI is InChI=1S/C25H28N4O4/c1-3-4-19(16-26-2)25-28-23-15-21(7-8-24(23)33-25)32-18-20-5-6-22(17-27-20)31-14-11-29-9-12-30-13-10-29/h3-8,15-17H,1,9-14,18H2,2H3/b19-4+,26-16?. The zero-order chi connectivity index (χ0) is 22.9. The molecule has 172 valence electrons. The van der Waals surface area contributed by atoms with Gasteiger partial charge >= 0.3 is 0 Å². The van der Waals surface area contributed by atoms with E-state index >= 15 is 0 Å². The van der Waals surface area contributed by atoms with Crippen molar-refractivity contribution in [3.63, 3.8) is 0 Å². The van der Waals surface area contributed by atoms with Crippen LogP contribution in [0, 0.1) is 0 Å². The van der Waals surface area contributed by atoms with Gasteiger partial charge in [-0.15, -0.1) is 0 Å². The van der Waals surface area contributed by atoms with Gasteiger partial charge in [-0.2, -0.15) is 0 Å². The lowest BCUT2D eigenvalue weighted by atomic mass is 10.2. The molecule has 0 amide bonds. The average molecular weight is 449 g/mol. The van der Waals surface area contributed by atoms with Gasteiger partial charge in [-0.1, -0.05) is 12.7 Å². The number of aliphatic imine (C=N–C) groups is 1. The molecular weight excluding hydrogens is 420 g/mol. The van der Waals surface area contributed by atoms with Gasteiger partial charge in [0.1, 0.15) is 30.2 Å². The zero-order valence-electron chi connectivity index (χ0n) is 18.8. The van der Waals surface area contributed by atoms with Crippen molar-refractivity contribution in [2.45, 2.75) is 6.61 Å². The van der Waals surface area contributed by atoms with Crippen LogP contribution < -0.4 is 9.47 Å². The topological polar surface area (TPSA) is 82.2 Å². The maximum absolute atomic E-state index is 5.90. The van der Waals surface area contributed by atoms with Crippen LogP contribution in [0.5, 0.6) is 11.5 Å². The molecule has 3 aromatic rings. The van der Waals surface area contributed by atoms with Crippen molar-refractivity contribution in [2.24, 2.45) is 4.99 Å². The number of hydrogen-bond donors (Lipinski definition) is 0. The quantitative estimate of drug-likeness (QED) is 0.345. The summed E-state index contributed by atoms with van der Waals surface area (Å²) in [5.74, 6) is 1.93. The third kappa shape index (κ3) is 6.27. The van der Waals surface area contributed by atoms with Crippen LogP contribution in [0.3, 0.4) is 0 Å². The highest BCUT2D eigenvalue weighted by Crippen LogP contribution is 2.25. The van der Waals surface area contributed by atoms with Gasteiger partial charge in [0.2, 0.25) is 5.89 Å². The maximum Gasteiger partial charge on any atom is 0.228 e. The second-order valence-corrected chi connectivity index (χ2v) is 7.47. The van der Waals surface area contributed by atoms with Crippen molar-refractivity contribution < 1.29 is 18.6 Å². The van der Waals surface area contributed by atoms with Crippen molar-refractivity contribution >= 4 is 22.9 Å². The van der Waals surface area contributed by atoms with E-state index in [9.17, 15) is 0 Å². The molecular formula is C25H28N4O4. The van der Waals surface area contributed by atoms with Gasteiger partial charge in [-0.05, 0) is 30.3 Å². The third-order valence-electron chi connectivity index (χ3n) is 5.14. The highest BCUT2D eigenvalue weighted by molar-refractivity contribution is 6.08. The summed E-state index contributed by atoms with van der Waals surface area (Å²) in [5.41, 5.74) is 2.95. The number of aromatic nitrogens is 2. The Morgan fingerprint density at radius 2 is 2.03 bits per heavy atom. The van der Waals surface area contributed by atoms with Gasteiger partial charge in [0.15, 0.2) is 5.58 Å². The summed E-state index contributed by atoms with van der Waals surface area (Å²) in [6.07, 6.45) is 6.89. The van der Waals surface area contributed by atoms with E-state index in [1.54, 1.807) is 31.6 Å². The number of benzene rings is 1. The molecule has 0 N–H and O–H groups in total. The summed E-state index contributed by atoms with van der Waals surface area (Å²) in [6.45, 7) is 9.08. The third-order valence-corrected chi connectivity index (χ3v) is 5.14. The first kappa shape index (κ1) is 22.7. The van der Waals surface area contributed by atoms with Crippen LogP contribution in [-0.2, 0) is 11.3 Å². The molecule has 1 aromatic carbocycles. The molecule has 0 atom stereocenters. The Labute approximate surface area is 193 Å². The molecule has 3 heterocycles. The van der Waals surface area contributed by atoms with Crippen LogP contribution in [-0.4, -0.2) is 67.6 Å². The molecule has 1 aliphatic heterocycles. The summed E-state index contributed by atoms with van der Waals surface area (Å²) < 4.78 is 22.9. The fraction of sp³-hybridized carbons (Fsp3) is 0.320. The normalized spacial score (nSPS) is 15.2. The predicted molar refractivity (Wildman–Crippen MR) is 128 cm³/mol. The Hall–Kier alpha value is -3.49. The molecule has 8 nitrogen and oxygen atoms in total. The van der Waals surface area contributed by atoms with Crippen LogP contribution in [0.4, 0.5) is 0 Å². The summed E-state index contributed by atoms with van der Waals surface area (Å²) in [4.78, 5) is 15.4. The molecule has 4 rings (SSSR count). The van der Waals surface area contributed by atoms with E-state index in [1.165, 1.54) is 0 Å². The van der Waals surface area contributed by atoms with Gasteiger partial charge < -0.3 is 18.6 Å². The van der Waals surface area contributed by atoms with Gasteiger partial charge in [0.25, 0.3) is 0 Å². The molecule has 33 heavy (non-hydrogen) atoms. The molecule has 1 fully saturated rings. The molecule has 0 saturated carbocycles. The number of nitrogens with zero attached hydrogens (tertiary/aromatic N) is 4. The number of allylic oxidation sites excluding steroid dienone is 3. The van der Waals surface area contributed by atoms with Crippen LogP contribution in [0.25, 0.3) is 16.7 Å². The molecule has 0 spiro atoms. The fourth-order valence-corrected chi connectivity index (χ4v) is 3.41. The van der Waals surface area contributed by atoms with E-state index < -0.39 is 0 Å². The number of morpholine rings is 1. The second kappa shape index (κ2) is 11.4. The predicted octanol–water partition coefficient (Wildman–Crippen LogP) is 3.78. The Bertz CT molecular complexity index is 1120. The Kier molecular flexibility index (Phi) is 7.84. The van der Waals surface area contributed by atoms with Crippen molar-refractivity contribution in [1.29, 1.82) is 0 Å². The average Bonchev–Trinajstić information content (AvgIpc) is 3.27. The smallest absolute Gasteiger partial charge is 0.228 e. The maximum atomic E-state index is 5.90.